The number of esters is 1. The number of likely N-dealkylation sites (tertiary alicyclic amines) is 1. The van der Waals surface area contributed by atoms with Crippen LogP contribution in [0.3, 0.4) is 0 Å². The normalized spacial score (nSPS) is 20.8. The summed E-state index contributed by atoms with van der Waals surface area (Å²) in [5.74, 6) is -1.06. The van der Waals surface area contributed by atoms with Gasteiger partial charge < -0.3 is 14.4 Å². The number of benzene rings is 1. The Morgan fingerprint density at radius 1 is 1.33 bits per heavy atom. The van der Waals surface area contributed by atoms with E-state index in [1.807, 2.05) is 6.07 Å². The number of piperidine rings is 1. The number of ether oxygens (including phenoxy) is 2. The number of amides is 1. The summed E-state index contributed by atoms with van der Waals surface area (Å²) in [4.78, 5) is 25.2. The van der Waals surface area contributed by atoms with E-state index in [1.165, 1.54) is 0 Å². The molecule has 1 heterocycles. The fraction of sp³-hybridized carbons (Fsp3) is 0.412. The predicted octanol–water partition coefficient (Wildman–Crippen LogP) is 3.01. The molecule has 1 fully saturated rings. The average molecular weight is 339 g/mol. The van der Waals surface area contributed by atoms with Crippen molar-refractivity contribution in [1.82, 2.24) is 4.90 Å². The standard InChI is InChI=1S/C17H19F2NO4/c1-12-8-17(14(18)19,15(21)23-2)11-20(9-12)16(22)24-10-13-6-4-3-5-7-13/h3-7,14H,1,8-11H2,2H3. The summed E-state index contributed by atoms with van der Waals surface area (Å²) in [6, 6.07) is 8.98. The van der Waals surface area contributed by atoms with Crippen molar-refractivity contribution in [2.24, 2.45) is 5.41 Å². The Kier molecular flexibility index (Phi) is 5.54. The number of carbonyl (C=O) groups is 2. The third kappa shape index (κ3) is 3.72. The highest BCUT2D eigenvalue weighted by Crippen LogP contribution is 2.39. The summed E-state index contributed by atoms with van der Waals surface area (Å²) >= 11 is 0. The van der Waals surface area contributed by atoms with Crippen molar-refractivity contribution in [3.05, 3.63) is 48.0 Å². The van der Waals surface area contributed by atoms with Crippen molar-refractivity contribution in [3.8, 4) is 0 Å². The molecule has 0 radical (unpaired) electrons. The minimum Gasteiger partial charge on any atom is -0.468 e. The topological polar surface area (TPSA) is 55.8 Å². The largest absolute Gasteiger partial charge is 0.468 e. The second-order valence-electron chi connectivity index (χ2n) is 5.77. The van der Waals surface area contributed by atoms with Gasteiger partial charge in [-0.2, -0.15) is 0 Å². The lowest BCUT2D eigenvalue weighted by molar-refractivity contribution is -0.166. The number of methoxy groups -OCH3 is 1. The lowest BCUT2D eigenvalue weighted by Crippen LogP contribution is -2.54. The summed E-state index contributed by atoms with van der Waals surface area (Å²) in [7, 11) is 1.04. The fourth-order valence-electron chi connectivity index (χ4n) is 2.74. The lowest BCUT2D eigenvalue weighted by Gasteiger charge is -2.40. The van der Waals surface area contributed by atoms with Crippen LogP contribution >= 0.6 is 0 Å². The van der Waals surface area contributed by atoms with Gasteiger partial charge in [-0.05, 0) is 12.0 Å². The molecule has 0 aliphatic carbocycles. The molecule has 1 atom stereocenters. The van der Waals surface area contributed by atoms with Gasteiger partial charge in [-0.1, -0.05) is 42.5 Å². The second-order valence-corrected chi connectivity index (χ2v) is 5.77. The van der Waals surface area contributed by atoms with Crippen molar-refractivity contribution in [3.63, 3.8) is 0 Å². The number of rotatable bonds is 4. The molecule has 0 saturated carbocycles. The van der Waals surface area contributed by atoms with Crippen LogP contribution in [0.25, 0.3) is 0 Å². The number of halogens is 2. The van der Waals surface area contributed by atoms with E-state index >= 15 is 0 Å². The van der Waals surface area contributed by atoms with Crippen LogP contribution in [-0.4, -0.2) is 43.6 Å². The van der Waals surface area contributed by atoms with E-state index in [-0.39, 0.29) is 19.6 Å². The van der Waals surface area contributed by atoms with E-state index in [1.54, 1.807) is 24.3 Å². The quantitative estimate of drug-likeness (QED) is 0.625. The minimum atomic E-state index is -2.98. The van der Waals surface area contributed by atoms with Crippen LogP contribution in [0.2, 0.25) is 0 Å². The number of hydrogen-bond acceptors (Lipinski definition) is 4. The molecule has 1 aromatic carbocycles. The molecule has 0 spiro atoms. The zero-order valence-corrected chi connectivity index (χ0v) is 13.3. The van der Waals surface area contributed by atoms with Gasteiger partial charge in [-0.25, -0.2) is 13.6 Å². The number of hydrogen-bond donors (Lipinski definition) is 0. The van der Waals surface area contributed by atoms with Crippen LogP contribution in [0.15, 0.2) is 42.5 Å². The molecule has 1 aromatic rings. The van der Waals surface area contributed by atoms with Gasteiger partial charge in [0.05, 0.1) is 7.11 Å². The summed E-state index contributed by atoms with van der Waals surface area (Å²) in [6.45, 7) is 3.29. The Morgan fingerprint density at radius 3 is 2.58 bits per heavy atom. The maximum Gasteiger partial charge on any atom is 0.410 e. The van der Waals surface area contributed by atoms with E-state index < -0.39 is 30.4 Å². The van der Waals surface area contributed by atoms with E-state index in [4.69, 9.17) is 4.74 Å². The van der Waals surface area contributed by atoms with Crippen LogP contribution in [-0.2, 0) is 20.9 Å². The molecule has 1 amide bonds. The number of carbonyl (C=O) groups excluding carboxylic acids is 2. The highest BCUT2D eigenvalue weighted by Gasteiger charge is 2.53. The van der Waals surface area contributed by atoms with Crippen molar-refractivity contribution < 1.29 is 27.8 Å². The number of nitrogens with zero attached hydrogens (tertiary/aromatic N) is 1. The summed E-state index contributed by atoms with van der Waals surface area (Å²) in [5, 5.41) is 0. The molecule has 1 unspecified atom stereocenters. The highest BCUT2D eigenvalue weighted by molar-refractivity contribution is 5.80. The average Bonchev–Trinajstić information content (AvgIpc) is 2.58. The Balaban J connectivity index is 2.10. The first-order valence-corrected chi connectivity index (χ1v) is 7.38. The van der Waals surface area contributed by atoms with Crippen LogP contribution in [0.5, 0.6) is 0 Å². The zero-order chi connectivity index (χ0) is 17.7. The van der Waals surface area contributed by atoms with Gasteiger partial charge in [0.2, 0.25) is 0 Å². The SMILES string of the molecule is C=C1CN(C(=O)OCc2ccccc2)CC(C(=O)OC)(C(F)F)C1. The first kappa shape index (κ1) is 17.9. The summed E-state index contributed by atoms with van der Waals surface area (Å²) in [5.41, 5.74) is -0.978. The molecule has 1 aliphatic heterocycles. The van der Waals surface area contributed by atoms with E-state index in [2.05, 4.69) is 11.3 Å². The van der Waals surface area contributed by atoms with Gasteiger partial charge in [0.1, 0.15) is 12.0 Å². The van der Waals surface area contributed by atoms with Crippen LogP contribution in [0, 0.1) is 5.41 Å². The minimum absolute atomic E-state index is 0.0164. The van der Waals surface area contributed by atoms with E-state index in [9.17, 15) is 18.4 Å². The second kappa shape index (κ2) is 7.42. The van der Waals surface area contributed by atoms with E-state index in [0.29, 0.717) is 5.57 Å². The monoisotopic (exact) mass is 339 g/mol. The van der Waals surface area contributed by atoms with Gasteiger partial charge in [-0.15, -0.1) is 0 Å². The van der Waals surface area contributed by atoms with Gasteiger partial charge in [0, 0.05) is 13.1 Å². The molecule has 0 N–H and O–H groups in total. The first-order valence-electron chi connectivity index (χ1n) is 7.38. The van der Waals surface area contributed by atoms with Crippen LogP contribution < -0.4 is 0 Å². The maximum atomic E-state index is 13.6. The molecule has 0 aromatic heterocycles. The maximum absolute atomic E-state index is 13.6. The molecule has 24 heavy (non-hydrogen) atoms. The Hall–Kier alpha value is -2.44. The molecular formula is C17H19F2NO4. The highest BCUT2D eigenvalue weighted by atomic mass is 19.3. The van der Waals surface area contributed by atoms with Crippen LogP contribution in [0.1, 0.15) is 12.0 Å². The first-order chi connectivity index (χ1) is 11.4. The molecule has 1 saturated heterocycles. The Labute approximate surface area is 138 Å². The van der Waals surface area contributed by atoms with Crippen molar-refractivity contribution in [1.29, 1.82) is 0 Å². The summed E-state index contributed by atoms with van der Waals surface area (Å²) in [6.07, 6.45) is -3.97. The van der Waals surface area contributed by atoms with Crippen molar-refractivity contribution in [2.45, 2.75) is 19.5 Å². The lowest BCUT2D eigenvalue weighted by atomic mass is 9.78. The molecule has 7 heteroatoms. The molecule has 2 rings (SSSR count). The van der Waals surface area contributed by atoms with Gasteiger partial charge in [0.15, 0.2) is 0 Å². The van der Waals surface area contributed by atoms with E-state index in [0.717, 1.165) is 17.6 Å². The molecule has 5 nitrogen and oxygen atoms in total. The number of alkyl halides is 2. The predicted molar refractivity (Wildman–Crippen MR) is 82.4 cm³/mol. The van der Waals surface area contributed by atoms with Crippen molar-refractivity contribution >= 4 is 12.1 Å². The summed E-state index contributed by atoms with van der Waals surface area (Å²) < 4.78 is 36.8. The molecule has 1 aliphatic rings. The van der Waals surface area contributed by atoms with Crippen LogP contribution in [0.4, 0.5) is 13.6 Å². The zero-order valence-electron chi connectivity index (χ0n) is 13.3. The fourth-order valence-corrected chi connectivity index (χ4v) is 2.74. The third-order valence-electron chi connectivity index (χ3n) is 3.93. The van der Waals surface area contributed by atoms with Gasteiger partial charge in [0.25, 0.3) is 6.43 Å². The Bertz CT molecular complexity index is 620. The third-order valence-corrected chi connectivity index (χ3v) is 3.93. The van der Waals surface area contributed by atoms with Gasteiger partial charge in [-0.3, -0.25) is 4.79 Å². The Morgan fingerprint density at radius 2 is 2.00 bits per heavy atom. The van der Waals surface area contributed by atoms with Crippen molar-refractivity contribution in [2.75, 3.05) is 20.2 Å². The molecule has 0 bridgehead atoms. The molecular weight excluding hydrogens is 320 g/mol. The smallest absolute Gasteiger partial charge is 0.410 e. The van der Waals surface area contributed by atoms with Gasteiger partial charge >= 0.3 is 12.1 Å². The molecule has 130 valence electrons.